The zero-order chi connectivity index (χ0) is 15.3. The SMILES string of the molecule is CCOc1ccc(C(C)(O)C2CCCCC2)cc1OCC. The van der Waals surface area contributed by atoms with E-state index in [9.17, 15) is 5.11 Å². The largest absolute Gasteiger partial charge is 0.490 e. The lowest BCUT2D eigenvalue weighted by Gasteiger charge is -2.36. The fraction of sp³-hybridized carbons (Fsp3) is 0.667. The van der Waals surface area contributed by atoms with Gasteiger partial charge in [-0.1, -0.05) is 25.3 Å². The molecule has 1 saturated carbocycles. The molecule has 21 heavy (non-hydrogen) atoms. The maximum Gasteiger partial charge on any atom is 0.161 e. The molecule has 0 amide bonds. The summed E-state index contributed by atoms with van der Waals surface area (Å²) in [5.41, 5.74) is 0.137. The van der Waals surface area contributed by atoms with E-state index < -0.39 is 5.60 Å². The van der Waals surface area contributed by atoms with Gasteiger partial charge in [0.25, 0.3) is 0 Å². The molecule has 2 rings (SSSR count). The van der Waals surface area contributed by atoms with Crippen molar-refractivity contribution in [2.45, 2.75) is 58.5 Å². The Morgan fingerprint density at radius 1 is 1.05 bits per heavy atom. The van der Waals surface area contributed by atoms with Crippen molar-refractivity contribution >= 4 is 0 Å². The van der Waals surface area contributed by atoms with Gasteiger partial charge in [0.1, 0.15) is 0 Å². The Morgan fingerprint density at radius 3 is 2.29 bits per heavy atom. The Balaban J connectivity index is 2.27. The molecule has 0 aliphatic heterocycles. The summed E-state index contributed by atoms with van der Waals surface area (Å²) in [6.45, 7) is 7.06. The molecule has 1 aromatic carbocycles. The van der Waals surface area contributed by atoms with Crippen LogP contribution in [0.25, 0.3) is 0 Å². The van der Waals surface area contributed by atoms with Crippen molar-refractivity contribution in [2.75, 3.05) is 13.2 Å². The lowest BCUT2D eigenvalue weighted by Crippen LogP contribution is -2.33. The molecule has 0 aromatic heterocycles. The van der Waals surface area contributed by atoms with Gasteiger partial charge in [0.2, 0.25) is 0 Å². The van der Waals surface area contributed by atoms with Crippen LogP contribution in [-0.4, -0.2) is 18.3 Å². The van der Waals surface area contributed by atoms with Gasteiger partial charge in [-0.2, -0.15) is 0 Å². The number of hydrogen-bond donors (Lipinski definition) is 1. The molecule has 0 spiro atoms. The maximum atomic E-state index is 11.0. The Labute approximate surface area is 128 Å². The first kappa shape index (κ1) is 16.2. The van der Waals surface area contributed by atoms with Crippen LogP contribution in [0.5, 0.6) is 11.5 Å². The third kappa shape index (κ3) is 3.70. The minimum atomic E-state index is -0.795. The third-order valence-electron chi connectivity index (χ3n) is 4.53. The molecule has 0 radical (unpaired) electrons. The Morgan fingerprint density at radius 2 is 1.67 bits per heavy atom. The van der Waals surface area contributed by atoms with Crippen LogP contribution < -0.4 is 9.47 Å². The number of aliphatic hydroxyl groups is 1. The summed E-state index contributed by atoms with van der Waals surface area (Å²) in [6.07, 6.45) is 5.93. The first-order chi connectivity index (χ1) is 10.1. The number of benzene rings is 1. The average molecular weight is 292 g/mol. The molecule has 3 nitrogen and oxygen atoms in total. The molecule has 1 N–H and O–H groups in total. The third-order valence-corrected chi connectivity index (χ3v) is 4.53. The Hall–Kier alpha value is -1.22. The molecule has 0 heterocycles. The smallest absolute Gasteiger partial charge is 0.161 e. The van der Waals surface area contributed by atoms with Crippen LogP contribution >= 0.6 is 0 Å². The Kier molecular flexibility index (Phi) is 5.51. The molecule has 1 fully saturated rings. The first-order valence-electron chi connectivity index (χ1n) is 8.22. The van der Waals surface area contributed by atoms with Crippen molar-refractivity contribution in [3.05, 3.63) is 23.8 Å². The molecule has 0 bridgehead atoms. The van der Waals surface area contributed by atoms with Crippen molar-refractivity contribution in [1.82, 2.24) is 0 Å². The van der Waals surface area contributed by atoms with Gasteiger partial charge >= 0.3 is 0 Å². The second kappa shape index (κ2) is 7.17. The fourth-order valence-corrected chi connectivity index (χ4v) is 3.27. The summed E-state index contributed by atoms with van der Waals surface area (Å²) in [7, 11) is 0. The average Bonchev–Trinajstić information content (AvgIpc) is 2.50. The highest BCUT2D eigenvalue weighted by Crippen LogP contribution is 2.41. The second-order valence-corrected chi connectivity index (χ2v) is 6.01. The number of ether oxygens (including phenoxy) is 2. The molecule has 1 aromatic rings. The lowest BCUT2D eigenvalue weighted by molar-refractivity contribution is -0.0217. The van der Waals surface area contributed by atoms with Gasteiger partial charge < -0.3 is 14.6 Å². The van der Waals surface area contributed by atoms with Gasteiger partial charge in [-0.3, -0.25) is 0 Å². The molecule has 1 aliphatic rings. The summed E-state index contributed by atoms with van der Waals surface area (Å²) >= 11 is 0. The molecule has 1 aliphatic carbocycles. The summed E-state index contributed by atoms with van der Waals surface area (Å²) in [5.74, 6) is 1.81. The maximum absolute atomic E-state index is 11.0. The van der Waals surface area contributed by atoms with E-state index in [-0.39, 0.29) is 0 Å². The predicted octanol–water partition coefficient (Wildman–Crippen LogP) is 4.27. The summed E-state index contributed by atoms with van der Waals surface area (Å²) in [6, 6.07) is 5.84. The second-order valence-electron chi connectivity index (χ2n) is 6.01. The van der Waals surface area contributed by atoms with Crippen molar-refractivity contribution in [3.63, 3.8) is 0 Å². The van der Waals surface area contributed by atoms with E-state index in [0.717, 1.165) is 29.9 Å². The Bertz CT molecular complexity index is 448. The van der Waals surface area contributed by atoms with Gasteiger partial charge in [0.15, 0.2) is 11.5 Å². The highest BCUT2D eigenvalue weighted by molar-refractivity contribution is 5.44. The van der Waals surface area contributed by atoms with Gasteiger partial charge in [0.05, 0.1) is 18.8 Å². The van der Waals surface area contributed by atoms with Crippen LogP contribution in [-0.2, 0) is 5.60 Å². The first-order valence-corrected chi connectivity index (χ1v) is 8.22. The van der Waals surface area contributed by atoms with E-state index in [1.165, 1.54) is 19.3 Å². The van der Waals surface area contributed by atoms with E-state index >= 15 is 0 Å². The molecule has 3 heteroatoms. The van der Waals surface area contributed by atoms with Crippen LogP contribution in [0.3, 0.4) is 0 Å². The van der Waals surface area contributed by atoms with Crippen LogP contribution in [0.4, 0.5) is 0 Å². The van der Waals surface area contributed by atoms with Gasteiger partial charge in [-0.25, -0.2) is 0 Å². The standard InChI is InChI=1S/C18H28O3/c1-4-20-16-12-11-15(13-17(16)21-5-2)18(3,19)14-9-7-6-8-10-14/h11-14,19H,4-10H2,1-3H3. The minimum absolute atomic E-state index is 0.332. The van der Waals surface area contributed by atoms with Crippen LogP contribution in [0, 0.1) is 5.92 Å². The van der Waals surface area contributed by atoms with Crippen molar-refractivity contribution < 1.29 is 14.6 Å². The highest BCUT2D eigenvalue weighted by atomic mass is 16.5. The van der Waals surface area contributed by atoms with Crippen molar-refractivity contribution in [3.8, 4) is 11.5 Å². The monoisotopic (exact) mass is 292 g/mol. The van der Waals surface area contributed by atoms with E-state index in [1.54, 1.807) is 0 Å². The van der Waals surface area contributed by atoms with Gasteiger partial charge in [0, 0.05) is 0 Å². The molecule has 1 unspecified atom stereocenters. The van der Waals surface area contributed by atoms with E-state index in [4.69, 9.17) is 9.47 Å². The lowest BCUT2D eigenvalue weighted by atomic mass is 9.74. The molecule has 1 atom stereocenters. The topological polar surface area (TPSA) is 38.7 Å². The number of hydrogen-bond acceptors (Lipinski definition) is 3. The van der Waals surface area contributed by atoms with E-state index in [0.29, 0.717) is 19.1 Å². The van der Waals surface area contributed by atoms with Crippen LogP contribution in [0.1, 0.15) is 58.4 Å². The summed E-state index contributed by atoms with van der Waals surface area (Å²) in [5, 5.41) is 11.0. The zero-order valence-corrected chi connectivity index (χ0v) is 13.5. The minimum Gasteiger partial charge on any atom is -0.490 e. The van der Waals surface area contributed by atoms with Gasteiger partial charge in [-0.05, 0) is 57.2 Å². The summed E-state index contributed by atoms with van der Waals surface area (Å²) in [4.78, 5) is 0. The zero-order valence-electron chi connectivity index (χ0n) is 13.5. The molecular weight excluding hydrogens is 264 g/mol. The number of rotatable bonds is 6. The molecule has 0 saturated heterocycles. The van der Waals surface area contributed by atoms with Crippen LogP contribution in [0.15, 0.2) is 18.2 Å². The van der Waals surface area contributed by atoms with Crippen molar-refractivity contribution in [1.29, 1.82) is 0 Å². The summed E-state index contributed by atoms with van der Waals surface area (Å²) < 4.78 is 11.3. The fourth-order valence-electron chi connectivity index (χ4n) is 3.27. The van der Waals surface area contributed by atoms with E-state index in [2.05, 4.69) is 0 Å². The quantitative estimate of drug-likeness (QED) is 0.851. The highest BCUT2D eigenvalue weighted by Gasteiger charge is 2.35. The predicted molar refractivity (Wildman–Crippen MR) is 84.9 cm³/mol. The van der Waals surface area contributed by atoms with Crippen molar-refractivity contribution in [2.24, 2.45) is 5.92 Å². The van der Waals surface area contributed by atoms with Crippen LogP contribution in [0.2, 0.25) is 0 Å². The molecule has 118 valence electrons. The van der Waals surface area contributed by atoms with E-state index in [1.807, 2.05) is 39.0 Å². The van der Waals surface area contributed by atoms with Gasteiger partial charge in [-0.15, -0.1) is 0 Å². The molecular formula is C18H28O3. The normalized spacial score (nSPS) is 19.0.